The molecule has 0 aliphatic heterocycles. The Labute approximate surface area is 131 Å². The second kappa shape index (κ2) is 5.72. The van der Waals surface area contributed by atoms with Crippen LogP contribution in [-0.4, -0.2) is 10.6 Å². The van der Waals surface area contributed by atoms with Gasteiger partial charge in [-0.05, 0) is 47.0 Å². The molecule has 1 unspecified atom stereocenters. The summed E-state index contributed by atoms with van der Waals surface area (Å²) < 4.78 is 3.48. The first kappa shape index (κ1) is 13.9. The normalized spacial score (nSPS) is 12.9. The van der Waals surface area contributed by atoms with Crippen LogP contribution in [0.1, 0.15) is 17.4 Å². The van der Waals surface area contributed by atoms with Crippen LogP contribution < -0.4 is 5.73 Å². The largest absolute Gasteiger partial charge is 0.342 e. The van der Waals surface area contributed by atoms with Crippen LogP contribution in [0.3, 0.4) is 0 Å². The predicted molar refractivity (Wildman–Crippen MR) is 90.4 cm³/mol. The van der Waals surface area contributed by atoms with Crippen molar-refractivity contribution in [2.45, 2.75) is 25.9 Å². The molecule has 0 fully saturated rings. The lowest BCUT2D eigenvalue weighted by Gasteiger charge is -2.02. The first-order valence-electron chi connectivity index (χ1n) is 6.68. The highest BCUT2D eigenvalue weighted by molar-refractivity contribution is 9.10. The lowest BCUT2D eigenvalue weighted by atomic mass is 10.1. The fourth-order valence-electron chi connectivity index (χ4n) is 2.57. The molecule has 1 atom stereocenters. The summed E-state index contributed by atoms with van der Waals surface area (Å²) in [4.78, 5) is 1.35. The van der Waals surface area contributed by atoms with Gasteiger partial charge in [-0.2, -0.15) is 0 Å². The zero-order valence-corrected chi connectivity index (χ0v) is 13.7. The molecule has 104 valence electrons. The number of rotatable bonds is 4. The van der Waals surface area contributed by atoms with E-state index in [1.54, 1.807) is 11.3 Å². The number of nitrogens with zero attached hydrogens (tertiary/aromatic N) is 1. The van der Waals surface area contributed by atoms with Crippen molar-refractivity contribution in [1.29, 1.82) is 0 Å². The van der Waals surface area contributed by atoms with Crippen LogP contribution in [0.25, 0.3) is 10.9 Å². The van der Waals surface area contributed by atoms with Crippen molar-refractivity contribution in [3.63, 3.8) is 0 Å². The van der Waals surface area contributed by atoms with Crippen LogP contribution in [-0.2, 0) is 13.0 Å². The molecule has 2 N–H and O–H groups in total. The van der Waals surface area contributed by atoms with Gasteiger partial charge in [0.05, 0.1) is 6.54 Å². The molecule has 2 nitrogen and oxygen atoms in total. The van der Waals surface area contributed by atoms with E-state index in [1.165, 1.54) is 21.3 Å². The fraction of sp³-hybridized carbons (Fsp3) is 0.250. The van der Waals surface area contributed by atoms with Crippen LogP contribution in [0.4, 0.5) is 0 Å². The Morgan fingerprint density at radius 2 is 2.15 bits per heavy atom. The van der Waals surface area contributed by atoms with E-state index >= 15 is 0 Å². The zero-order chi connectivity index (χ0) is 14.1. The number of fused-ring (bicyclic) bond motifs is 1. The summed E-state index contributed by atoms with van der Waals surface area (Å²) in [6.45, 7) is 2.97. The molecule has 3 aromatic rings. The summed E-state index contributed by atoms with van der Waals surface area (Å²) in [5.41, 5.74) is 8.59. The Balaban J connectivity index is 2.02. The molecule has 3 rings (SSSR count). The van der Waals surface area contributed by atoms with Crippen LogP contribution >= 0.6 is 27.3 Å². The van der Waals surface area contributed by atoms with Gasteiger partial charge in [-0.1, -0.05) is 18.2 Å². The van der Waals surface area contributed by atoms with E-state index < -0.39 is 0 Å². The van der Waals surface area contributed by atoms with Gasteiger partial charge in [0.15, 0.2) is 0 Å². The quantitative estimate of drug-likeness (QED) is 0.743. The van der Waals surface area contributed by atoms with Gasteiger partial charge < -0.3 is 10.3 Å². The molecular weight excluding hydrogens is 332 g/mol. The number of para-hydroxylation sites is 1. The SMILES string of the molecule is CC(N)Cc1cn(Cc2cc(Br)cs2)c2ccccc12. The van der Waals surface area contributed by atoms with Gasteiger partial charge in [-0.3, -0.25) is 0 Å². The van der Waals surface area contributed by atoms with Gasteiger partial charge in [0.2, 0.25) is 0 Å². The Hall–Kier alpha value is -1.10. The van der Waals surface area contributed by atoms with E-state index in [-0.39, 0.29) is 6.04 Å². The van der Waals surface area contributed by atoms with Crippen molar-refractivity contribution < 1.29 is 0 Å². The third-order valence-electron chi connectivity index (χ3n) is 3.36. The summed E-state index contributed by atoms with van der Waals surface area (Å²) >= 11 is 5.30. The summed E-state index contributed by atoms with van der Waals surface area (Å²) in [5, 5.41) is 3.45. The summed E-state index contributed by atoms with van der Waals surface area (Å²) in [7, 11) is 0. The Kier molecular flexibility index (Phi) is 3.96. The minimum Gasteiger partial charge on any atom is -0.342 e. The second-order valence-electron chi connectivity index (χ2n) is 5.21. The standard InChI is InChI=1S/C16H17BrN2S/c1-11(18)6-12-8-19(9-14-7-13(17)10-20-14)16-5-3-2-4-15(12)16/h2-5,7-8,10-11H,6,9,18H2,1H3. The molecule has 1 aromatic carbocycles. The maximum atomic E-state index is 5.97. The summed E-state index contributed by atoms with van der Waals surface area (Å²) in [5.74, 6) is 0. The number of nitrogens with two attached hydrogens (primary N) is 1. The van der Waals surface area contributed by atoms with Gasteiger partial charge in [0.1, 0.15) is 0 Å². The van der Waals surface area contributed by atoms with Crippen molar-refractivity contribution in [3.8, 4) is 0 Å². The molecule has 0 aliphatic rings. The smallest absolute Gasteiger partial charge is 0.0569 e. The minimum atomic E-state index is 0.185. The zero-order valence-electron chi connectivity index (χ0n) is 11.3. The van der Waals surface area contributed by atoms with E-state index in [9.17, 15) is 0 Å². The van der Waals surface area contributed by atoms with Crippen molar-refractivity contribution in [1.82, 2.24) is 4.57 Å². The van der Waals surface area contributed by atoms with Crippen molar-refractivity contribution in [2.75, 3.05) is 0 Å². The van der Waals surface area contributed by atoms with Crippen molar-refractivity contribution >= 4 is 38.2 Å². The monoisotopic (exact) mass is 348 g/mol. The second-order valence-corrected chi connectivity index (χ2v) is 7.12. The molecule has 0 saturated heterocycles. The Morgan fingerprint density at radius 3 is 2.85 bits per heavy atom. The highest BCUT2D eigenvalue weighted by Crippen LogP contribution is 2.26. The number of hydrogen-bond donors (Lipinski definition) is 1. The summed E-state index contributed by atoms with van der Waals surface area (Å²) in [6.07, 6.45) is 3.17. The van der Waals surface area contributed by atoms with E-state index in [0.29, 0.717) is 0 Å². The minimum absolute atomic E-state index is 0.185. The van der Waals surface area contributed by atoms with Crippen LogP contribution in [0.5, 0.6) is 0 Å². The Bertz CT molecular complexity index is 727. The third kappa shape index (κ3) is 2.82. The van der Waals surface area contributed by atoms with Gasteiger partial charge >= 0.3 is 0 Å². The highest BCUT2D eigenvalue weighted by Gasteiger charge is 2.10. The van der Waals surface area contributed by atoms with E-state index in [4.69, 9.17) is 5.73 Å². The van der Waals surface area contributed by atoms with E-state index in [2.05, 4.69) is 69.3 Å². The molecule has 2 aromatic heterocycles. The molecule has 0 bridgehead atoms. The van der Waals surface area contributed by atoms with Crippen molar-refractivity contribution in [2.24, 2.45) is 5.73 Å². The van der Waals surface area contributed by atoms with Crippen LogP contribution in [0.15, 0.2) is 46.4 Å². The lowest BCUT2D eigenvalue weighted by Crippen LogP contribution is -2.17. The average Bonchev–Trinajstić information content (AvgIpc) is 2.95. The summed E-state index contributed by atoms with van der Waals surface area (Å²) in [6, 6.07) is 10.9. The molecule has 0 aliphatic carbocycles. The van der Waals surface area contributed by atoms with E-state index in [0.717, 1.165) is 17.4 Å². The molecule has 20 heavy (non-hydrogen) atoms. The predicted octanol–water partition coefficient (Wildman–Crippen LogP) is 4.40. The molecule has 0 saturated carbocycles. The third-order valence-corrected chi connectivity index (χ3v) is 5.04. The van der Waals surface area contributed by atoms with Gasteiger partial charge in [-0.25, -0.2) is 0 Å². The molecular formula is C16H17BrN2S. The maximum absolute atomic E-state index is 5.97. The molecule has 0 amide bonds. The first-order chi connectivity index (χ1) is 9.63. The topological polar surface area (TPSA) is 30.9 Å². The van der Waals surface area contributed by atoms with Crippen LogP contribution in [0, 0.1) is 0 Å². The van der Waals surface area contributed by atoms with Gasteiger partial charge in [0, 0.05) is 37.9 Å². The maximum Gasteiger partial charge on any atom is 0.0569 e. The molecule has 0 spiro atoms. The molecule has 2 heterocycles. The lowest BCUT2D eigenvalue weighted by molar-refractivity contribution is 0.735. The fourth-order valence-corrected chi connectivity index (χ4v) is 4.02. The number of benzene rings is 1. The molecule has 0 radical (unpaired) electrons. The number of hydrogen-bond acceptors (Lipinski definition) is 2. The number of aromatic nitrogens is 1. The van der Waals surface area contributed by atoms with E-state index in [1.807, 2.05) is 0 Å². The Morgan fingerprint density at radius 1 is 1.35 bits per heavy atom. The molecule has 4 heteroatoms. The van der Waals surface area contributed by atoms with Gasteiger partial charge in [0.25, 0.3) is 0 Å². The number of halogens is 1. The highest BCUT2D eigenvalue weighted by atomic mass is 79.9. The van der Waals surface area contributed by atoms with Crippen LogP contribution in [0.2, 0.25) is 0 Å². The number of thiophene rings is 1. The van der Waals surface area contributed by atoms with Gasteiger partial charge in [-0.15, -0.1) is 11.3 Å². The van der Waals surface area contributed by atoms with Crippen molar-refractivity contribution in [3.05, 3.63) is 56.8 Å². The average molecular weight is 349 g/mol. The first-order valence-corrected chi connectivity index (χ1v) is 8.36.